The second-order valence-corrected chi connectivity index (χ2v) is 9.59. The van der Waals surface area contributed by atoms with E-state index < -0.39 is 0 Å². The summed E-state index contributed by atoms with van der Waals surface area (Å²) >= 11 is 0. The number of benzene rings is 2. The molecule has 2 aromatic carbocycles. The molecule has 0 N–H and O–H groups in total. The third-order valence-corrected chi connectivity index (χ3v) is 7.34. The van der Waals surface area contributed by atoms with Gasteiger partial charge in [0, 0.05) is 18.7 Å². The Labute approximate surface area is 187 Å². The van der Waals surface area contributed by atoms with Crippen molar-refractivity contribution in [2.45, 2.75) is 71.4 Å². The number of piperidine rings is 1. The molecule has 1 heterocycles. The Kier molecular flexibility index (Phi) is 7.45. The van der Waals surface area contributed by atoms with Crippen molar-refractivity contribution in [2.24, 2.45) is 11.8 Å². The second kappa shape index (κ2) is 10.5. The van der Waals surface area contributed by atoms with Crippen molar-refractivity contribution in [3.05, 3.63) is 54.1 Å². The normalized spacial score (nSPS) is 19.8. The molecule has 166 valence electrons. The Hall–Kier alpha value is -2.13. The lowest BCUT2D eigenvalue weighted by molar-refractivity contribution is 0.0116. The number of ketones is 1. The van der Waals surface area contributed by atoms with Gasteiger partial charge < -0.3 is 4.74 Å². The van der Waals surface area contributed by atoms with Crippen LogP contribution in [0, 0.1) is 11.8 Å². The number of hydrogen-bond acceptors (Lipinski definition) is 3. The van der Waals surface area contributed by atoms with Gasteiger partial charge in [-0.05, 0) is 68.2 Å². The number of Topliss-reactive ketones (excluding diaryl/α,β-unsaturated/α-hetero) is 1. The molecule has 1 aliphatic carbocycles. The van der Waals surface area contributed by atoms with E-state index in [0.717, 1.165) is 47.4 Å². The molecule has 0 amide bonds. The van der Waals surface area contributed by atoms with E-state index in [4.69, 9.17) is 4.74 Å². The van der Waals surface area contributed by atoms with Crippen molar-refractivity contribution in [3.8, 4) is 16.9 Å². The lowest BCUT2D eigenvalue weighted by Crippen LogP contribution is -2.43. The molecular weight excluding hydrogens is 382 g/mol. The Balaban J connectivity index is 1.26. The molecule has 1 saturated heterocycles. The first-order valence-electron chi connectivity index (χ1n) is 12.2. The summed E-state index contributed by atoms with van der Waals surface area (Å²) < 4.78 is 6.26. The topological polar surface area (TPSA) is 29.5 Å². The SMILES string of the molecule is CC(=O)c1ccc(-c2ccc(OC(C)N3CCC(CC4CCCCC4)CC3)cc2)cc1. The van der Waals surface area contributed by atoms with Gasteiger partial charge in [-0.15, -0.1) is 0 Å². The van der Waals surface area contributed by atoms with E-state index in [-0.39, 0.29) is 12.0 Å². The summed E-state index contributed by atoms with van der Waals surface area (Å²) in [6.07, 6.45) is 11.5. The first-order valence-corrected chi connectivity index (χ1v) is 12.2. The van der Waals surface area contributed by atoms with Gasteiger partial charge in [0.05, 0.1) is 0 Å². The average Bonchev–Trinajstić information content (AvgIpc) is 2.81. The molecule has 0 bridgehead atoms. The van der Waals surface area contributed by atoms with Crippen LogP contribution < -0.4 is 4.74 Å². The van der Waals surface area contributed by atoms with Crippen molar-refractivity contribution in [2.75, 3.05) is 13.1 Å². The Morgan fingerprint density at radius 2 is 1.42 bits per heavy atom. The molecule has 2 aliphatic rings. The van der Waals surface area contributed by atoms with E-state index in [1.54, 1.807) is 6.92 Å². The molecule has 3 nitrogen and oxygen atoms in total. The maximum absolute atomic E-state index is 11.5. The number of rotatable bonds is 7. The molecule has 31 heavy (non-hydrogen) atoms. The van der Waals surface area contributed by atoms with Gasteiger partial charge in [0.2, 0.25) is 0 Å². The van der Waals surface area contributed by atoms with Gasteiger partial charge >= 0.3 is 0 Å². The molecule has 2 aromatic rings. The van der Waals surface area contributed by atoms with Crippen molar-refractivity contribution in [1.29, 1.82) is 0 Å². The third-order valence-electron chi connectivity index (χ3n) is 7.34. The van der Waals surface area contributed by atoms with Gasteiger partial charge in [0.25, 0.3) is 0 Å². The minimum Gasteiger partial charge on any atom is -0.475 e. The molecule has 1 atom stereocenters. The second-order valence-electron chi connectivity index (χ2n) is 9.59. The molecule has 1 saturated carbocycles. The maximum atomic E-state index is 11.5. The fraction of sp³-hybridized carbons (Fsp3) is 0.536. The van der Waals surface area contributed by atoms with E-state index in [0.29, 0.717) is 0 Å². The van der Waals surface area contributed by atoms with Crippen LogP contribution in [0.2, 0.25) is 0 Å². The number of hydrogen-bond donors (Lipinski definition) is 0. The summed E-state index contributed by atoms with van der Waals surface area (Å²) in [5.41, 5.74) is 3.00. The summed E-state index contributed by atoms with van der Waals surface area (Å²) in [4.78, 5) is 13.9. The van der Waals surface area contributed by atoms with E-state index in [9.17, 15) is 4.79 Å². The van der Waals surface area contributed by atoms with E-state index in [1.807, 2.05) is 24.3 Å². The first kappa shape index (κ1) is 22.1. The molecular formula is C28H37NO2. The van der Waals surface area contributed by atoms with Gasteiger partial charge in [-0.2, -0.15) is 0 Å². The van der Waals surface area contributed by atoms with Crippen LogP contribution in [0.15, 0.2) is 48.5 Å². The zero-order chi connectivity index (χ0) is 21.6. The fourth-order valence-electron chi connectivity index (χ4n) is 5.34. The minimum atomic E-state index is 0.0994. The molecule has 3 heteroatoms. The molecule has 1 unspecified atom stereocenters. The van der Waals surface area contributed by atoms with Crippen LogP contribution in [-0.4, -0.2) is 30.0 Å². The Morgan fingerprint density at radius 1 is 0.871 bits per heavy atom. The largest absolute Gasteiger partial charge is 0.475 e. The average molecular weight is 420 g/mol. The van der Waals surface area contributed by atoms with Gasteiger partial charge in [-0.1, -0.05) is 68.5 Å². The van der Waals surface area contributed by atoms with Crippen LogP contribution in [0.25, 0.3) is 11.1 Å². The summed E-state index contributed by atoms with van der Waals surface area (Å²) in [6.45, 7) is 6.08. The van der Waals surface area contributed by atoms with Crippen LogP contribution in [-0.2, 0) is 0 Å². The summed E-state index contributed by atoms with van der Waals surface area (Å²) in [6, 6.07) is 16.1. The monoisotopic (exact) mass is 419 g/mol. The van der Waals surface area contributed by atoms with E-state index in [1.165, 1.54) is 51.4 Å². The molecule has 0 aromatic heterocycles. The van der Waals surface area contributed by atoms with Gasteiger partial charge in [-0.25, -0.2) is 0 Å². The highest BCUT2D eigenvalue weighted by Crippen LogP contribution is 2.33. The number of carbonyl (C=O) groups is 1. The van der Waals surface area contributed by atoms with Gasteiger partial charge in [0.15, 0.2) is 5.78 Å². The smallest absolute Gasteiger partial charge is 0.159 e. The van der Waals surface area contributed by atoms with Gasteiger partial charge in [-0.3, -0.25) is 9.69 Å². The zero-order valence-corrected chi connectivity index (χ0v) is 19.2. The highest BCUT2D eigenvalue weighted by Gasteiger charge is 2.26. The predicted octanol–water partition coefficient (Wildman–Crippen LogP) is 6.96. The van der Waals surface area contributed by atoms with Crippen molar-refractivity contribution < 1.29 is 9.53 Å². The van der Waals surface area contributed by atoms with Crippen LogP contribution in [0.1, 0.15) is 75.6 Å². The molecule has 2 fully saturated rings. The maximum Gasteiger partial charge on any atom is 0.159 e. The van der Waals surface area contributed by atoms with Crippen LogP contribution in [0.4, 0.5) is 0 Å². The molecule has 1 aliphatic heterocycles. The summed E-state index contributed by atoms with van der Waals surface area (Å²) in [7, 11) is 0. The minimum absolute atomic E-state index is 0.0994. The van der Waals surface area contributed by atoms with Crippen LogP contribution in [0.5, 0.6) is 5.75 Å². The zero-order valence-electron chi connectivity index (χ0n) is 19.2. The van der Waals surface area contributed by atoms with Crippen LogP contribution in [0.3, 0.4) is 0 Å². The third kappa shape index (κ3) is 5.98. The molecule has 4 rings (SSSR count). The summed E-state index contributed by atoms with van der Waals surface area (Å²) in [5, 5.41) is 0. The lowest BCUT2D eigenvalue weighted by Gasteiger charge is -2.37. The molecule has 0 radical (unpaired) electrons. The number of ether oxygens (including phenoxy) is 1. The lowest BCUT2D eigenvalue weighted by atomic mass is 9.80. The number of nitrogens with zero attached hydrogens (tertiary/aromatic N) is 1. The molecule has 0 spiro atoms. The van der Waals surface area contributed by atoms with Crippen molar-refractivity contribution >= 4 is 5.78 Å². The number of likely N-dealkylation sites (tertiary alicyclic amines) is 1. The fourth-order valence-corrected chi connectivity index (χ4v) is 5.34. The van der Waals surface area contributed by atoms with E-state index >= 15 is 0 Å². The predicted molar refractivity (Wildman–Crippen MR) is 127 cm³/mol. The number of carbonyl (C=O) groups excluding carboxylic acids is 1. The standard InChI is InChI=1S/C28H37NO2/c1-21(30)25-8-10-26(11-9-25)27-12-14-28(15-13-27)31-22(2)29-18-16-24(17-19-29)20-23-6-4-3-5-7-23/h8-15,22-24H,3-7,16-20H2,1-2H3. The Morgan fingerprint density at radius 3 is 2.00 bits per heavy atom. The van der Waals surface area contributed by atoms with Crippen molar-refractivity contribution in [3.63, 3.8) is 0 Å². The van der Waals surface area contributed by atoms with Crippen LogP contribution >= 0.6 is 0 Å². The summed E-state index contributed by atoms with van der Waals surface area (Å²) in [5.74, 6) is 2.93. The quantitative estimate of drug-likeness (QED) is 0.454. The highest BCUT2D eigenvalue weighted by molar-refractivity contribution is 5.94. The van der Waals surface area contributed by atoms with Gasteiger partial charge in [0.1, 0.15) is 12.0 Å². The van der Waals surface area contributed by atoms with E-state index in [2.05, 4.69) is 36.1 Å². The van der Waals surface area contributed by atoms with Crippen molar-refractivity contribution in [1.82, 2.24) is 4.90 Å². The Bertz CT molecular complexity index is 828. The highest BCUT2D eigenvalue weighted by atomic mass is 16.5. The first-order chi connectivity index (χ1) is 15.1.